The van der Waals surface area contributed by atoms with E-state index < -0.39 is 10.8 Å². The molecular formula is C16H20N4O2S. The number of imidazole rings is 1. The van der Waals surface area contributed by atoms with Crippen LogP contribution in [0.2, 0.25) is 0 Å². The third-order valence-electron chi connectivity index (χ3n) is 3.88. The van der Waals surface area contributed by atoms with Crippen LogP contribution in [0, 0.1) is 0 Å². The molecule has 2 amide bonds. The van der Waals surface area contributed by atoms with Crippen LogP contribution in [0.15, 0.2) is 24.3 Å². The predicted molar refractivity (Wildman–Crippen MR) is 91.3 cm³/mol. The number of amides is 2. The Kier molecular flexibility index (Phi) is 4.30. The van der Waals surface area contributed by atoms with Crippen molar-refractivity contribution in [2.24, 2.45) is 0 Å². The van der Waals surface area contributed by atoms with Crippen molar-refractivity contribution in [3.63, 3.8) is 0 Å². The number of nitrogens with zero attached hydrogens (tertiary/aromatic N) is 1. The number of nitrogens with one attached hydrogen (secondary N) is 3. The minimum atomic E-state index is -0.467. The van der Waals surface area contributed by atoms with Crippen molar-refractivity contribution in [2.75, 3.05) is 12.3 Å². The summed E-state index contributed by atoms with van der Waals surface area (Å²) in [5.74, 6) is 1.20. The normalized spacial score (nSPS) is 20.3. The van der Waals surface area contributed by atoms with Crippen molar-refractivity contribution in [3.05, 3.63) is 30.1 Å². The molecule has 7 heteroatoms. The molecule has 1 aromatic carbocycles. The van der Waals surface area contributed by atoms with Crippen LogP contribution in [0.3, 0.4) is 0 Å². The Morgan fingerprint density at radius 2 is 2.22 bits per heavy atom. The fourth-order valence-electron chi connectivity index (χ4n) is 2.42. The number of hydrogen-bond donors (Lipinski definition) is 3. The Morgan fingerprint density at radius 3 is 2.96 bits per heavy atom. The molecule has 0 saturated carbocycles. The van der Waals surface area contributed by atoms with Crippen molar-refractivity contribution in [1.82, 2.24) is 20.6 Å². The molecule has 0 spiro atoms. The number of aromatic nitrogens is 2. The zero-order chi connectivity index (χ0) is 16.4. The first-order valence-corrected chi connectivity index (χ1v) is 8.60. The van der Waals surface area contributed by atoms with Gasteiger partial charge in [-0.2, -0.15) is 0 Å². The van der Waals surface area contributed by atoms with Crippen LogP contribution in [0.4, 0.5) is 0 Å². The molecule has 1 fully saturated rings. The summed E-state index contributed by atoms with van der Waals surface area (Å²) >= 11 is 1.51. The summed E-state index contributed by atoms with van der Waals surface area (Å²) in [6.45, 7) is 4.21. The van der Waals surface area contributed by atoms with Gasteiger partial charge >= 0.3 is 0 Å². The van der Waals surface area contributed by atoms with Gasteiger partial charge in [0.2, 0.25) is 11.8 Å². The lowest BCUT2D eigenvalue weighted by Gasteiger charge is -2.32. The molecule has 1 atom stereocenters. The first-order valence-electron chi connectivity index (χ1n) is 7.62. The molecule has 6 nitrogen and oxygen atoms in total. The maximum absolute atomic E-state index is 12.1. The minimum absolute atomic E-state index is 0.0915. The summed E-state index contributed by atoms with van der Waals surface area (Å²) in [7, 11) is 0. The summed E-state index contributed by atoms with van der Waals surface area (Å²) in [4.78, 5) is 31.7. The topological polar surface area (TPSA) is 86.9 Å². The van der Waals surface area contributed by atoms with E-state index in [0.717, 1.165) is 16.9 Å². The minimum Gasteiger partial charge on any atom is -0.354 e. The van der Waals surface area contributed by atoms with Gasteiger partial charge in [-0.05, 0) is 26.0 Å². The number of hydrogen-bond acceptors (Lipinski definition) is 4. The fraction of sp³-hybridized carbons (Fsp3) is 0.438. The Bertz CT molecular complexity index is 708. The summed E-state index contributed by atoms with van der Waals surface area (Å²) in [5.41, 5.74) is 1.92. The molecule has 0 bridgehead atoms. The highest BCUT2D eigenvalue weighted by Gasteiger charge is 2.37. The molecule has 1 aliphatic heterocycles. The molecule has 0 aliphatic carbocycles. The van der Waals surface area contributed by atoms with Crippen molar-refractivity contribution < 1.29 is 9.59 Å². The van der Waals surface area contributed by atoms with Gasteiger partial charge in [0.15, 0.2) is 0 Å². The monoisotopic (exact) mass is 332 g/mol. The van der Waals surface area contributed by atoms with E-state index >= 15 is 0 Å². The molecule has 3 rings (SSSR count). The number of rotatable bonds is 4. The molecule has 0 unspecified atom stereocenters. The maximum atomic E-state index is 12.1. The van der Waals surface area contributed by atoms with Crippen LogP contribution >= 0.6 is 11.8 Å². The van der Waals surface area contributed by atoms with E-state index in [1.54, 1.807) is 0 Å². The van der Waals surface area contributed by atoms with Gasteiger partial charge in [-0.3, -0.25) is 9.59 Å². The number of para-hydroxylation sites is 2. The second-order valence-electron chi connectivity index (χ2n) is 6.09. The first kappa shape index (κ1) is 15.9. The lowest BCUT2D eigenvalue weighted by atomic mass is 10.1. The SMILES string of the molecule is CC1(C)SC[C@@H](C(=O)NCCc2nc3ccccc3[nH]2)NC1=O. The highest BCUT2D eigenvalue weighted by Crippen LogP contribution is 2.28. The first-order chi connectivity index (χ1) is 11.0. The van der Waals surface area contributed by atoms with Crippen molar-refractivity contribution in [1.29, 1.82) is 0 Å². The van der Waals surface area contributed by atoms with Crippen LogP contribution in [0.5, 0.6) is 0 Å². The van der Waals surface area contributed by atoms with E-state index in [-0.39, 0.29) is 11.8 Å². The largest absolute Gasteiger partial charge is 0.354 e. The highest BCUT2D eigenvalue weighted by atomic mass is 32.2. The summed E-state index contributed by atoms with van der Waals surface area (Å²) in [5, 5.41) is 5.65. The zero-order valence-corrected chi connectivity index (χ0v) is 14.0. The molecule has 1 aromatic heterocycles. The molecular weight excluding hydrogens is 312 g/mol. The van der Waals surface area contributed by atoms with Crippen molar-refractivity contribution >= 4 is 34.6 Å². The van der Waals surface area contributed by atoms with E-state index in [9.17, 15) is 9.59 Å². The Balaban J connectivity index is 1.50. The van der Waals surface area contributed by atoms with Gasteiger partial charge < -0.3 is 15.6 Å². The molecule has 1 saturated heterocycles. The van der Waals surface area contributed by atoms with Crippen LogP contribution in [0.25, 0.3) is 11.0 Å². The smallest absolute Gasteiger partial charge is 0.243 e. The van der Waals surface area contributed by atoms with Crippen LogP contribution in [-0.4, -0.2) is 44.9 Å². The average Bonchev–Trinajstić information content (AvgIpc) is 2.92. The lowest BCUT2D eigenvalue weighted by molar-refractivity contribution is -0.129. The van der Waals surface area contributed by atoms with Gasteiger partial charge in [0.1, 0.15) is 11.9 Å². The van der Waals surface area contributed by atoms with Gasteiger partial charge in [-0.15, -0.1) is 11.8 Å². The summed E-state index contributed by atoms with van der Waals surface area (Å²) in [6.07, 6.45) is 0.625. The molecule has 122 valence electrons. The third kappa shape index (κ3) is 3.50. The van der Waals surface area contributed by atoms with Gasteiger partial charge in [0, 0.05) is 18.7 Å². The van der Waals surface area contributed by atoms with Crippen LogP contribution < -0.4 is 10.6 Å². The maximum Gasteiger partial charge on any atom is 0.243 e. The number of H-pyrrole nitrogens is 1. The number of aromatic amines is 1. The number of carbonyl (C=O) groups excluding carboxylic acids is 2. The fourth-order valence-corrected chi connectivity index (χ4v) is 3.43. The average molecular weight is 332 g/mol. The van der Waals surface area contributed by atoms with E-state index in [0.29, 0.717) is 18.7 Å². The van der Waals surface area contributed by atoms with Crippen LogP contribution in [0.1, 0.15) is 19.7 Å². The van der Waals surface area contributed by atoms with Gasteiger partial charge in [0.25, 0.3) is 0 Å². The predicted octanol–water partition coefficient (Wildman–Crippen LogP) is 1.23. The van der Waals surface area contributed by atoms with Crippen molar-refractivity contribution in [3.8, 4) is 0 Å². The van der Waals surface area contributed by atoms with E-state index in [1.165, 1.54) is 11.8 Å². The number of benzene rings is 1. The Labute approximate surface area is 138 Å². The number of thioether (sulfide) groups is 1. The molecule has 2 heterocycles. The Morgan fingerprint density at radius 1 is 1.43 bits per heavy atom. The molecule has 2 aromatic rings. The van der Waals surface area contributed by atoms with Gasteiger partial charge in [-0.25, -0.2) is 4.98 Å². The van der Waals surface area contributed by atoms with E-state index in [1.807, 2.05) is 38.1 Å². The highest BCUT2D eigenvalue weighted by molar-refractivity contribution is 8.01. The second-order valence-corrected chi connectivity index (χ2v) is 7.73. The quantitative estimate of drug-likeness (QED) is 0.786. The molecule has 0 radical (unpaired) electrons. The van der Waals surface area contributed by atoms with Crippen LogP contribution in [-0.2, 0) is 16.0 Å². The van der Waals surface area contributed by atoms with Gasteiger partial charge in [0.05, 0.1) is 15.8 Å². The Hall–Kier alpha value is -2.02. The zero-order valence-electron chi connectivity index (χ0n) is 13.2. The molecule has 3 N–H and O–H groups in total. The molecule has 1 aliphatic rings. The number of carbonyl (C=O) groups is 2. The van der Waals surface area contributed by atoms with Gasteiger partial charge in [-0.1, -0.05) is 12.1 Å². The second kappa shape index (κ2) is 6.23. The molecule has 23 heavy (non-hydrogen) atoms. The summed E-state index contributed by atoms with van der Waals surface area (Å²) in [6, 6.07) is 7.36. The van der Waals surface area contributed by atoms with E-state index in [2.05, 4.69) is 20.6 Å². The third-order valence-corrected chi connectivity index (χ3v) is 5.29. The van der Waals surface area contributed by atoms with Crippen molar-refractivity contribution in [2.45, 2.75) is 31.1 Å². The lowest BCUT2D eigenvalue weighted by Crippen LogP contribution is -2.57. The standard InChI is InChI=1S/C16H20N4O2S/c1-16(2)15(22)20-12(9-23-16)14(21)17-8-7-13-18-10-5-3-4-6-11(10)19-13/h3-6,12H,7-9H2,1-2H3,(H,17,21)(H,18,19)(H,20,22)/t12-/m0/s1. The van der Waals surface area contributed by atoms with E-state index in [4.69, 9.17) is 0 Å². The number of fused-ring (bicyclic) bond motifs is 1. The summed E-state index contributed by atoms with van der Waals surface area (Å²) < 4.78 is -0.467.